The Kier molecular flexibility index (Phi) is 9.14. The Balaban J connectivity index is 1.32. The summed E-state index contributed by atoms with van der Waals surface area (Å²) in [6.45, 7) is 2.57. The summed E-state index contributed by atoms with van der Waals surface area (Å²) >= 11 is 0. The van der Waals surface area contributed by atoms with Gasteiger partial charge in [-0.2, -0.15) is 13.2 Å². The molecule has 0 aliphatic carbocycles. The summed E-state index contributed by atoms with van der Waals surface area (Å²) in [6.07, 6.45) is -0.360. The number of rotatable bonds is 8. The number of carbonyl (C=O) groups is 1. The highest BCUT2D eigenvalue weighted by Crippen LogP contribution is 2.32. The summed E-state index contributed by atoms with van der Waals surface area (Å²) in [7, 11) is 1.43. The quantitative estimate of drug-likeness (QED) is 0.305. The average Bonchev–Trinajstić information content (AvgIpc) is 3.32. The molecule has 3 heterocycles. The van der Waals surface area contributed by atoms with Gasteiger partial charge in [-0.15, -0.1) is 0 Å². The first-order valence-electron chi connectivity index (χ1n) is 14.1. The molecule has 1 aromatic heterocycles. The lowest BCUT2D eigenvalue weighted by atomic mass is 9.99. The molecule has 11 heteroatoms. The van der Waals surface area contributed by atoms with Crippen molar-refractivity contribution in [2.45, 2.75) is 50.5 Å². The van der Waals surface area contributed by atoms with Crippen molar-refractivity contribution in [1.29, 1.82) is 0 Å². The summed E-state index contributed by atoms with van der Waals surface area (Å²) in [4.78, 5) is 13.8. The van der Waals surface area contributed by atoms with E-state index in [2.05, 4.69) is 27.4 Å². The number of ether oxygens (including phenoxy) is 2. The molecule has 2 aromatic carbocycles. The second-order valence-electron chi connectivity index (χ2n) is 10.6. The summed E-state index contributed by atoms with van der Waals surface area (Å²) in [5, 5.41) is 16.5. The molecule has 42 heavy (non-hydrogen) atoms. The van der Waals surface area contributed by atoms with Crippen LogP contribution >= 0.6 is 0 Å². The minimum Gasteiger partial charge on any atom is -0.495 e. The molecular weight excluding hydrogens is 549 g/mol. The minimum absolute atomic E-state index is 0.0782. The third-order valence-corrected chi connectivity index (χ3v) is 7.91. The largest absolute Gasteiger partial charge is 0.495 e. The standard InChI is InChI=1S/C31H35F3N4O4/c1-41-29-18-21(30(39)40)7-8-27(29)35-13-3-4-24-19-25-26(5-2-6-28(25)38(24)20-31(32,33)34)36-22-9-14-37(15-10-22)23-11-16-42-17-12-23/h2,5-8,18-19,22-23,35-36H,9-17,20H2,1H3,(H,39,40). The predicted octanol–water partition coefficient (Wildman–Crippen LogP) is 5.43. The van der Waals surface area contributed by atoms with Crippen LogP contribution < -0.4 is 15.4 Å². The lowest BCUT2D eigenvalue weighted by molar-refractivity contribution is -0.140. The van der Waals surface area contributed by atoms with Crippen molar-refractivity contribution < 1.29 is 32.5 Å². The number of methoxy groups -OCH3 is 1. The number of carboxylic acids is 1. The molecular formula is C31H35F3N4O4. The Labute approximate surface area is 242 Å². The Bertz CT molecular complexity index is 1460. The summed E-state index contributed by atoms with van der Waals surface area (Å²) in [5.41, 5.74) is 2.15. The van der Waals surface area contributed by atoms with E-state index in [1.54, 1.807) is 24.3 Å². The van der Waals surface area contributed by atoms with Gasteiger partial charge in [-0.05, 0) is 68.0 Å². The van der Waals surface area contributed by atoms with Gasteiger partial charge in [0.2, 0.25) is 0 Å². The smallest absolute Gasteiger partial charge is 0.406 e. The number of fused-ring (bicyclic) bond motifs is 1. The Morgan fingerprint density at radius 3 is 2.55 bits per heavy atom. The van der Waals surface area contributed by atoms with E-state index >= 15 is 0 Å². The zero-order valence-corrected chi connectivity index (χ0v) is 23.5. The van der Waals surface area contributed by atoms with E-state index in [0.717, 1.165) is 57.7 Å². The van der Waals surface area contributed by atoms with E-state index in [4.69, 9.17) is 9.47 Å². The van der Waals surface area contributed by atoms with Gasteiger partial charge in [0.15, 0.2) is 0 Å². The third kappa shape index (κ3) is 7.12. The number of nitrogens with one attached hydrogen (secondary N) is 2. The number of alkyl halides is 3. The number of anilines is 2. The van der Waals surface area contributed by atoms with Crippen molar-refractivity contribution in [2.24, 2.45) is 0 Å². The van der Waals surface area contributed by atoms with Crippen LogP contribution in [0, 0.1) is 11.8 Å². The van der Waals surface area contributed by atoms with E-state index in [0.29, 0.717) is 28.4 Å². The number of hydrogen-bond donors (Lipinski definition) is 3. The summed E-state index contributed by atoms with van der Waals surface area (Å²) in [5.74, 6) is 5.07. The zero-order valence-electron chi connectivity index (χ0n) is 23.5. The van der Waals surface area contributed by atoms with Crippen LogP contribution in [0.1, 0.15) is 41.7 Å². The topological polar surface area (TPSA) is 88.0 Å². The SMILES string of the molecule is COc1cc(C(=O)O)ccc1NCC#Cc1cc2c(NC3CCN(C4CCOCC4)CC3)cccc2n1CC(F)(F)F. The fourth-order valence-corrected chi connectivity index (χ4v) is 5.79. The van der Waals surface area contributed by atoms with Gasteiger partial charge in [0.05, 0.1) is 36.1 Å². The zero-order chi connectivity index (χ0) is 29.7. The lowest BCUT2D eigenvalue weighted by Crippen LogP contribution is -2.46. The van der Waals surface area contributed by atoms with Crippen LogP contribution in [0.25, 0.3) is 10.9 Å². The van der Waals surface area contributed by atoms with Crippen LogP contribution in [-0.2, 0) is 11.3 Å². The van der Waals surface area contributed by atoms with Crippen LogP contribution in [0.4, 0.5) is 24.5 Å². The van der Waals surface area contributed by atoms with E-state index < -0.39 is 18.7 Å². The Morgan fingerprint density at radius 1 is 1.10 bits per heavy atom. The van der Waals surface area contributed by atoms with Crippen molar-refractivity contribution in [1.82, 2.24) is 9.47 Å². The molecule has 3 aromatic rings. The maximum atomic E-state index is 13.6. The molecule has 0 bridgehead atoms. The highest BCUT2D eigenvalue weighted by atomic mass is 19.4. The number of nitrogens with zero attached hydrogens (tertiary/aromatic N) is 2. The number of piperidine rings is 1. The Hall–Kier alpha value is -3.88. The molecule has 224 valence electrons. The van der Waals surface area contributed by atoms with Crippen LogP contribution in [0.15, 0.2) is 42.5 Å². The maximum Gasteiger partial charge on any atom is 0.406 e. The van der Waals surface area contributed by atoms with Gasteiger partial charge < -0.3 is 34.7 Å². The van der Waals surface area contributed by atoms with E-state index in [1.807, 2.05) is 6.07 Å². The first-order valence-corrected chi connectivity index (χ1v) is 14.1. The van der Waals surface area contributed by atoms with Gasteiger partial charge in [-0.25, -0.2) is 4.79 Å². The molecule has 0 atom stereocenters. The fraction of sp³-hybridized carbons (Fsp3) is 0.452. The molecule has 2 aliphatic heterocycles. The van der Waals surface area contributed by atoms with Crippen LogP contribution in [0.2, 0.25) is 0 Å². The first-order chi connectivity index (χ1) is 20.2. The highest BCUT2D eigenvalue weighted by Gasteiger charge is 2.30. The van der Waals surface area contributed by atoms with Crippen LogP contribution in [0.3, 0.4) is 0 Å². The van der Waals surface area contributed by atoms with E-state index in [1.165, 1.54) is 23.8 Å². The number of aromatic nitrogens is 1. The molecule has 0 unspecified atom stereocenters. The molecule has 2 fully saturated rings. The molecule has 3 N–H and O–H groups in total. The van der Waals surface area contributed by atoms with Gasteiger partial charge in [0.1, 0.15) is 12.3 Å². The predicted molar refractivity (Wildman–Crippen MR) is 155 cm³/mol. The summed E-state index contributed by atoms with van der Waals surface area (Å²) < 4.78 is 52.8. The second-order valence-corrected chi connectivity index (χ2v) is 10.6. The molecule has 0 spiro atoms. The first kappa shape index (κ1) is 29.6. The average molecular weight is 585 g/mol. The second kappa shape index (κ2) is 13.0. The van der Waals surface area contributed by atoms with Crippen molar-refractivity contribution in [2.75, 3.05) is 50.6 Å². The van der Waals surface area contributed by atoms with Crippen LogP contribution in [-0.4, -0.2) is 78.8 Å². The number of carboxylic acid groups (broad SMARTS) is 1. The number of hydrogen-bond acceptors (Lipinski definition) is 6. The van der Waals surface area contributed by atoms with Crippen molar-refractivity contribution in [3.05, 3.63) is 53.7 Å². The van der Waals surface area contributed by atoms with Gasteiger partial charge >= 0.3 is 12.1 Å². The third-order valence-electron chi connectivity index (χ3n) is 7.91. The summed E-state index contributed by atoms with van der Waals surface area (Å²) in [6, 6.07) is 12.3. The van der Waals surface area contributed by atoms with Gasteiger partial charge in [-0.1, -0.05) is 12.0 Å². The van der Waals surface area contributed by atoms with Crippen molar-refractivity contribution in [3.63, 3.8) is 0 Å². The monoisotopic (exact) mass is 584 g/mol. The molecule has 0 saturated carbocycles. The number of halogens is 3. The lowest BCUT2D eigenvalue weighted by Gasteiger charge is -2.39. The minimum atomic E-state index is -4.42. The number of aromatic carboxylic acids is 1. The number of benzene rings is 2. The van der Waals surface area contributed by atoms with Gasteiger partial charge in [0, 0.05) is 49.5 Å². The molecule has 8 nitrogen and oxygen atoms in total. The normalized spacial score (nSPS) is 17.0. The molecule has 2 aliphatic rings. The van der Waals surface area contributed by atoms with Gasteiger partial charge in [0.25, 0.3) is 0 Å². The highest BCUT2D eigenvalue weighted by molar-refractivity contribution is 5.94. The maximum absolute atomic E-state index is 13.6. The molecule has 5 rings (SSSR count). The molecule has 0 radical (unpaired) electrons. The van der Waals surface area contributed by atoms with Crippen molar-refractivity contribution >= 4 is 28.2 Å². The number of likely N-dealkylation sites (tertiary alicyclic amines) is 1. The fourth-order valence-electron chi connectivity index (χ4n) is 5.79. The van der Waals surface area contributed by atoms with E-state index in [9.17, 15) is 23.1 Å². The van der Waals surface area contributed by atoms with Gasteiger partial charge in [-0.3, -0.25) is 0 Å². The molecule has 0 amide bonds. The Morgan fingerprint density at radius 2 is 1.86 bits per heavy atom. The van der Waals surface area contributed by atoms with Crippen LogP contribution in [0.5, 0.6) is 5.75 Å². The molecule has 2 saturated heterocycles. The van der Waals surface area contributed by atoms with E-state index in [-0.39, 0.29) is 23.8 Å². The van der Waals surface area contributed by atoms with Crippen molar-refractivity contribution in [3.8, 4) is 17.6 Å².